The zero-order valence-electron chi connectivity index (χ0n) is 14.7. The minimum atomic E-state index is -0.244. The Hall–Kier alpha value is -3.15. The van der Waals surface area contributed by atoms with Gasteiger partial charge >= 0.3 is 0 Å². The number of halogens is 1. The molecule has 0 atom stereocenters. The van der Waals surface area contributed by atoms with E-state index in [1.54, 1.807) is 12.1 Å². The molecule has 5 rings (SSSR count). The Morgan fingerprint density at radius 2 is 1.85 bits per heavy atom. The molecule has 1 saturated carbocycles. The molecular weight excluding hydrogens is 343 g/mol. The summed E-state index contributed by atoms with van der Waals surface area (Å²) >= 11 is 0. The van der Waals surface area contributed by atoms with Gasteiger partial charge in [0.2, 0.25) is 5.95 Å². The number of hydrogen-bond acceptors (Lipinski definition) is 2. The van der Waals surface area contributed by atoms with Crippen molar-refractivity contribution in [3.8, 4) is 5.95 Å². The van der Waals surface area contributed by atoms with Crippen LogP contribution in [0, 0.1) is 5.82 Å². The minimum absolute atomic E-state index is 0.0573. The molecule has 0 bridgehead atoms. The van der Waals surface area contributed by atoms with Crippen LogP contribution in [0.4, 0.5) is 4.39 Å². The molecule has 1 fully saturated rings. The number of nitrogens with zero attached hydrogens (tertiary/aromatic N) is 2. The third-order valence-electron chi connectivity index (χ3n) is 5.17. The van der Waals surface area contributed by atoms with Crippen molar-refractivity contribution < 1.29 is 4.39 Å². The van der Waals surface area contributed by atoms with Crippen molar-refractivity contribution in [1.29, 1.82) is 0 Å². The number of rotatable bonds is 5. The monoisotopic (exact) mass is 362 g/mol. The second-order valence-corrected chi connectivity index (χ2v) is 7.12. The largest absolute Gasteiger partial charge is 0.322 e. The average Bonchev–Trinajstić information content (AvgIpc) is 3.34. The van der Waals surface area contributed by atoms with Gasteiger partial charge in [-0.05, 0) is 55.5 Å². The second kappa shape index (κ2) is 6.23. The molecule has 1 aliphatic carbocycles. The Bertz CT molecular complexity index is 1130. The SMILES string of the molecule is O=c1c(CCc2ccc(F)cc2)c(C2CC2)[nH]n1-c1nc2ccccc2[nH]1. The third kappa shape index (κ3) is 2.97. The summed E-state index contributed by atoms with van der Waals surface area (Å²) in [5.74, 6) is 0.689. The van der Waals surface area contributed by atoms with E-state index in [1.165, 1.54) is 16.8 Å². The molecule has 4 aromatic rings. The highest BCUT2D eigenvalue weighted by Gasteiger charge is 2.30. The number of fused-ring (bicyclic) bond motifs is 1. The first kappa shape index (κ1) is 16.1. The molecule has 0 unspecified atom stereocenters. The smallest absolute Gasteiger partial charge is 0.277 e. The van der Waals surface area contributed by atoms with E-state index in [-0.39, 0.29) is 11.4 Å². The standard InChI is InChI=1S/C21H19FN4O/c22-15-10-5-13(6-11-15)7-12-16-19(14-8-9-14)25-26(20(16)27)21-23-17-3-1-2-4-18(17)24-21/h1-6,10-11,14,25H,7-9,12H2,(H,23,24). The lowest BCUT2D eigenvalue weighted by molar-refractivity contribution is 0.627. The molecule has 136 valence electrons. The van der Waals surface area contributed by atoms with Crippen LogP contribution in [0.3, 0.4) is 0 Å². The Morgan fingerprint density at radius 1 is 1.07 bits per heavy atom. The van der Waals surface area contributed by atoms with Crippen molar-refractivity contribution in [2.75, 3.05) is 0 Å². The van der Waals surface area contributed by atoms with E-state index in [0.29, 0.717) is 24.7 Å². The van der Waals surface area contributed by atoms with E-state index in [2.05, 4.69) is 15.1 Å². The van der Waals surface area contributed by atoms with Gasteiger partial charge in [-0.2, -0.15) is 4.68 Å². The van der Waals surface area contributed by atoms with Crippen LogP contribution in [0.2, 0.25) is 0 Å². The summed E-state index contributed by atoms with van der Waals surface area (Å²) in [7, 11) is 0. The number of benzene rings is 2. The van der Waals surface area contributed by atoms with E-state index in [4.69, 9.17) is 0 Å². The molecule has 0 aliphatic heterocycles. The second-order valence-electron chi connectivity index (χ2n) is 7.12. The molecule has 1 aliphatic rings. The Labute approximate surface area is 154 Å². The van der Waals surface area contributed by atoms with Gasteiger partial charge < -0.3 is 4.98 Å². The molecule has 2 N–H and O–H groups in total. The van der Waals surface area contributed by atoms with Crippen LogP contribution in [-0.2, 0) is 12.8 Å². The molecule has 2 aromatic heterocycles. The Balaban J connectivity index is 1.51. The van der Waals surface area contributed by atoms with Crippen LogP contribution in [0.1, 0.15) is 35.6 Å². The van der Waals surface area contributed by atoms with E-state index >= 15 is 0 Å². The molecule has 5 nitrogen and oxygen atoms in total. The summed E-state index contributed by atoms with van der Waals surface area (Å²) in [5, 5.41) is 3.29. The van der Waals surface area contributed by atoms with Gasteiger partial charge in [0.25, 0.3) is 5.56 Å². The summed E-state index contributed by atoms with van der Waals surface area (Å²) in [6, 6.07) is 14.2. The number of aromatic nitrogens is 4. The van der Waals surface area contributed by atoms with Gasteiger partial charge in [0, 0.05) is 17.2 Å². The lowest BCUT2D eigenvalue weighted by Crippen LogP contribution is -2.19. The molecule has 2 heterocycles. The van der Waals surface area contributed by atoms with Crippen LogP contribution in [0.25, 0.3) is 17.0 Å². The summed E-state index contributed by atoms with van der Waals surface area (Å²) in [5.41, 5.74) is 4.52. The van der Waals surface area contributed by atoms with Crippen molar-refractivity contribution in [2.45, 2.75) is 31.6 Å². The topological polar surface area (TPSA) is 66.5 Å². The summed E-state index contributed by atoms with van der Waals surface area (Å²) in [6.07, 6.45) is 3.53. The number of nitrogens with one attached hydrogen (secondary N) is 2. The van der Waals surface area contributed by atoms with Crippen LogP contribution in [0.15, 0.2) is 53.3 Å². The van der Waals surface area contributed by atoms with E-state index < -0.39 is 0 Å². The predicted molar refractivity (Wildman–Crippen MR) is 102 cm³/mol. The third-order valence-corrected chi connectivity index (χ3v) is 5.17. The normalized spacial score (nSPS) is 14.1. The van der Waals surface area contributed by atoms with Crippen LogP contribution < -0.4 is 5.56 Å². The van der Waals surface area contributed by atoms with Crippen LogP contribution >= 0.6 is 0 Å². The summed E-state index contributed by atoms with van der Waals surface area (Å²) in [4.78, 5) is 20.8. The predicted octanol–water partition coefficient (Wildman–Crippen LogP) is 3.84. The maximum Gasteiger partial charge on any atom is 0.277 e. The Morgan fingerprint density at radius 3 is 2.59 bits per heavy atom. The molecule has 2 aromatic carbocycles. The fourth-order valence-electron chi connectivity index (χ4n) is 3.55. The highest BCUT2D eigenvalue weighted by molar-refractivity contribution is 5.75. The Kier molecular flexibility index (Phi) is 3.70. The van der Waals surface area contributed by atoms with Gasteiger partial charge in [0.05, 0.1) is 11.0 Å². The first-order valence-electron chi connectivity index (χ1n) is 9.22. The molecule has 27 heavy (non-hydrogen) atoms. The molecule has 0 saturated heterocycles. The summed E-state index contributed by atoms with van der Waals surface area (Å²) in [6.45, 7) is 0. The lowest BCUT2D eigenvalue weighted by atomic mass is 10.0. The highest BCUT2D eigenvalue weighted by atomic mass is 19.1. The van der Waals surface area contributed by atoms with Gasteiger partial charge in [-0.25, -0.2) is 9.37 Å². The zero-order valence-corrected chi connectivity index (χ0v) is 14.7. The van der Waals surface area contributed by atoms with Gasteiger partial charge in [0.1, 0.15) is 5.82 Å². The van der Waals surface area contributed by atoms with E-state index in [1.807, 2.05) is 24.3 Å². The number of aryl methyl sites for hydroxylation is 1. The fourth-order valence-corrected chi connectivity index (χ4v) is 3.55. The van der Waals surface area contributed by atoms with E-state index in [9.17, 15) is 9.18 Å². The highest BCUT2D eigenvalue weighted by Crippen LogP contribution is 2.40. The maximum atomic E-state index is 13.1. The minimum Gasteiger partial charge on any atom is -0.322 e. The van der Waals surface area contributed by atoms with Crippen molar-refractivity contribution in [3.63, 3.8) is 0 Å². The van der Waals surface area contributed by atoms with Crippen molar-refractivity contribution >= 4 is 11.0 Å². The average molecular weight is 362 g/mol. The molecule has 0 radical (unpaired) electrons. The first-order chi connectivity index (χ1) is 13.2. The van der Waals surface area contributed by atoms with Crippen molar-refractivity contribution in [2.24, 2.45) is 0 Å². The summed E-state index contributed by atoms with van der Waals surface area (Å²) < 4.78 is 14.6. The zero-order chi connectivity index (χ0) is 18.4. The number of aromatic amines is 2. The number of imidazole rings is 1. The van der Waals surface area contributed by atoms with Gasteiger partial charge in [-0.15, -0.1) is 0 Å². The number of hydrogen-bond donors (Lipinski definition) is 2. The van der Waals surface area contributed by atoms with Gasteiger partial charge in [0.15, 0.2) is 0 Å². The fraction of sp³-hybridized carbons (Fsp3) is 0.238. The van der Waals surface area contributed by atoms with Crippen molar-refractivity contribution in [1.82, 2.24) is 19.7 Å². The van der Waals surface area contributed by atoms with Crippen molar-refractivity contribution in [3.05, 3.63) is 81.5 Å². The number of H-pyrrole nitrogens is 2. The lowest BCUT2D eigenvalue weighted by Gasteiger charge is -2.01. The maximum absolute atomic E-state index is 13.1. The molecule has 0 amide bonds. The van der Waals surface area contributed by atoms with Crippen LogP contribution in [0.5, 0.6) is 0 Å². The first-order valence-corrected chi connectivity index (χ1v) is 9.22. The molecule has 0 spiro atoms. The molecule has 6 heteroatoms. The van der Waals surface area contributed by atoms with Crippen LogP contribution in [-0.4, -0.2) is 19.7 Å². The van der Waals surface area contributed by atoms with Gasteiger partial charge in [-0.1, -0.05) is 24.3 Å². The van der Waals surface area contributed by atoms with E-state index in [0.717, 1.165) is 40.7 Å². The number of para-hydroxylation sites is 2. The van der Waals surface area contributed by atoms with Gasteiger partial charge in [-0.3, -0.25) is 9.89 Å². The molecular formula is C21H19FN4O. The quantitative estimate of drug-likeness (QED) is 0.566.